The van der Waals surface area contributed by atoms with Crippen LogP contribution in [0, 0.1) is 13.8 Å². The highest BCUT2D eigenvalue weighted by molar-refractivity contribution is 9.10. The Labute approximate surface area is 106 Å². The molecular formula is C12H10BrN3O. The number of aromatic nitrogens is 3. The molecule has 0 amide bonds. The van der Waals surface area contributed by atoms with E-state index in [1.807, 2.05) is 42.6 Å². The Morgan fingerprint density at radius 2 is 2.06 bits per heavy atom. The molecule has 0 bridgehead atoms. The molecular weight excluding hydrogens is 282 g/mol. The van der Waals surface area contributed by atoms with Gasteiger partial charge in [-0.25, -0.2) is 9.97 Å². The molecule has 0 aromatic carbocycles. The minimum absolute atomic E-state index is 0.699. The molecule has 3 rings (SSSR count). The number of aryl methyl sites for hydroxylation is 2. The molecule has 17 heavy (non-hydrogen) atoms. The first kappa shape index (κ1) is 10.5. The second-order valence-corrected chi connectivity index (χ2v) is 4.72. The second-order valence-electron chi connectivity index (χ2n) is 3.94. The van der Waals surface area contributed by atoms with Gasteiger partial charge in [-0.05, 0) is 48.0 Å². The van der Waals surface area contributed by atoms with Crippen molar-refractivity contribution in [2.45, 2.75) is 13.8 Å². The van der Waals surface area contributed by atoms with E-state index in [1.54, 1.807) is 0 Å². The first-order chi connectivity index (χ1) is 8.13. The summed E-state index contributed by atoms with van der Waals surface area (Å²) in [6.45, 7) is 4.00. The number of halogens is 1. The van der Waals surface area contributed by atoms with E-state index in [0.717, 1.165) is 22.8 Å². The molecule has 0 aliphatic heterocycles. The van der Waals surface area contributed by atoms with Crippen molar-refractivity contribution in [3.05, 3.63) is 40.5 Å². The summed E-state index contributed by atoms with van der Waals surface area (Å²) < 4.78 is 8.14. The molecule has 0 saturated heterocycles. The van der Waals surface area contributed by atoms with Crippen LogP contribution < -0.4 is 0 Å². The van der Waals surface area contributed by atoms with E-state index >= 15 is 0 Å². The van der Waals surface area contributed by atoms with Gasteiger partial charge in [0.15, 0.2) is 10.4 Å². The van der Waals surface area contributed by atoms with Crippen LogP contribution in [0.1, 0.15) is 11.4 Å². The molecule has 86 valence electrons. The van der Waals surface area contributed by atoms with Crippen LogP contribution in [0.3, 0.4) is 0 Å². The van der Waals surface area contributed by atoms with Gasteiger partial charge in [0.2, 0.25) is 5.78 Å². The van der Waals surface area contributed by atoms with Crippen LogP contribution in [0.25, 0.3) is 17.2 Å². The lowest BCUT2D eigenvalue weighted by atomic mass is 10.3. The number of nitrogens with zero attached hydrogens (tertiary/aromatic N) is 3. The van der Waals surface area contributed by atoms with Gasteiger partial charge in [-0.1, -0.05) is 0 Å². The predicted octanol–water partition coefficient (Wildman–Crippen LogP) is 3.37. The van der Waals surface area contributed by atoms with Gasteiger partial charge in [-0.3, -0.25) is 4.40 Å². The topological polar surface area (TPSA) is 43.3 Å². The van der Waals surface area contributed by atoms with Crippen molar-refractivity contribution in [3.8, 4) is 11.5 Å². The Morgan fingerprint density at radius 1 is 1.24 bits per heavy atom. The summed E-state index contributed by atoms with van der Waals surface area (Å²) in [5.41, 5.74) is 2.86. The van der Waals surface area contributed by atoms with Gasteiger partial charge in [-0.2, -0.15) is 0 Å². The summed E-state index contributed by atoms with van der Waals surface area (Å²) in [5, 5.41) is 0. The summed E-state index contributed by atoms with van der Waals surface area (Å²) in [5.74, 6) is 1.43. The van der Waals surface area contributed by atoms with Gasteiger partial charge in [0, 0.05) is 17.6 Å². The molecule has 0 spiro atoms. The Bertz CT molecular complexity index is 699. The fourth-order valence-electron chi connectivity index (χ4n) is 1.84. The monoisotopic (exact) mass is 291 g/mol. The molecule has 0 fully saturated rings. The highest BCUT2D eigenvalue weighted by Gasteiger charge is 2.10. The van der Waals surface area contributed by atoms with E-state index in [2.05, 4.69) is 25.9 Å². The normalized spacial score (nSPS) is 11.2. The van der Waals surface area contributed by atoms with Crippen LogP contribution in [0.2, 0.25) is 0 Å². The first-order valence-corrected chi connectivity index (χ1v) is 6.02. The van der Waals surface area contributed by atoms with Gasteiger partial charge in [-0.15, -0.1) is 0 Å². The summed E-state index contributed by atoms with van der Waals surface area (Å²) >= 11 is 3.28. The SMILES string of the molecule is Cc1cc(C)n2cc(-c3ccc(Br)o3)nc2n1. The number of hydrogen-bond donors (Lipinski definition) is 0. The van der Waals surface area contributed by atoms with Crippen molar-refractivity contribution in [2.75, 3.05) is 0 Å². The number of imidazole rings is 1. The molecule has 0 aliphatic rings. The van der Waals surface area contributed by atoms with Crippen LogP contribution in [0.4, 0.5) is 0 Å². The zero-order valence-electron chi connectivity index (χ0n) is 9.44. The average molecular weight is 292 g/mol. The van der Waals surface area contributed by atoms with Crippen molar-refractivity contribution in [3.63, 3.8) is 0 Å². The van der Waals surface area contributed by atoms with Crippen molar-refractivity contribution in [2.24, 2.45) is 0 Å². The summed E-state index contributed by atoms with van der Waals surface area (Å²) in [6, 6.07) is 5.76. The number of hydrogen-bond acceptors (Lipinski definition) is 3. The quantitative estimate of drug-likeness (QED) is 0.690. The van der Waals surface area contributed by atoms with E-state index in [0.29, 0.717) is 10.4 Å². The largest absolute Gasteiger partial charge is 0.448 e. The summed E-state index contributed by atoms with van der Waals surface area (Å²) in [7, 11) is 0. The smallest absolute Gasteiger partial charge is 0.234 e. The van der Waals surface area contributed by atoms with E-state index in [4.69, 9.17) is 4.42 Å². The molecule has 0 aliphatic carbocycles. The van der Waals surface area contributed by atoms with Crippen molar-refractivity contribution in [1.29, 1.82) is 0 Å². The molecule has 4 nitrogen and oxygen atoms in total. The van der Waals surface area contributed by atoms with Crippen molar-refractivity contribution < 1.29 is 4.42 Å². The molecule has 3 heterocycles. The van der Waals surface area contributed by atoms with Crippen LogP contribution >= 0.6 is 15.9 Å². The summed E-state index contributed by atoms with van der Waals surface area (Å²) in [6.07, 6.45) is 1.93. The molecule has 3 aromatic rings. The highest BCUT2D eigenvalue weighted by Crippen LogP contribution is 2.24. The second kappa shape index (κ2) is 3.70. The van der Waals surface area contributed by atoms with Gasteiger partial charge in [0.25, 0.3) is 0 Å². The van der Waals surface area contributed by atoms with Gasteiger partial charge in [0.05, 0.1) is 0 Å². The van der Waals surface area contributed by atoms with Gasteiger partial charge < -0.3 is 4.42 Å². The van der Waals surface area contributed by atoms with E-state index in [-0.39, 0.29) is 0 Å². The van der Waals surface area contributed by atoms with E-state index < -0.39 is 0 Å². The van der Waals surface area contributed by atoms with E-state index in [9.17, 15) is 0 Å². The lowest BCUT2D eigenvalue weighted by Gasteiger charge is -1.98. The fourth-order valence-corrected chi connectivity index (χ4v) is 2.15. The van der Waals surface area contributed by atoms with E-state index in [1.165, 1.54) is 0 Å². The molecule has 3 aromatic heterocycles. The number of fused-ring (bicyclic) bond motifs is 1. The number of rotatable bonds is 1. The molecule has 0 unspecified atom stereocenters. The van der Waals surface area contributed by atoms with Crippen LogP contribution in [0.5, 0.6) is 0 Å². The molecule has 0 saturated carbocycles. The standard InChI is InChI=1S/C12H10BrN3O/c1-7-5-8(2)16-6-9(15-12(16)14-7)10-3-4-11(13)17-10/h3-6H,1-2H3. The fraction of sp³-hybridized carbons (Fsp3) is 0.167. The minimum Gasteiger partial charge on any atom is -0.448 e. The zero-order chi connectivity index (χ0) is 12.0. The molecule has 0 atom stereocenters. The Balaban J connectivity index is 2.23. The first-order valence-electron chi connectivity index (χ1n) is 5.22. The molecule has 5 heteroatoms. The average Bonchev–Trinajstić information content (AvgIpc) is 2.83. The Morgan fingerprint density at radius 3 is 2.76 bits per heavy atom. The third-order valence-corrected chi connectivity index (χ3v) is 3.01. The minimum atomic E-state index is 0.699. The maximum Gasteiger partial charge on any atom is 0.234 e. The Hall–Kier alpha value is -1.62. The van der Waals surface area contributed by atoms with Crippen molar-refractivity contribution in [1.82, 2.24) is 14.4 Å². The van der Waals surface area contributed by atoms with Gasteiger partial charge in [0.1, 0.15) is 5.69 Å². The molecule has 0 radical (unpaired) electrons. The number of furan rings is 1. The van der Waals surface area contributed by atoms with Crippen molar-refractivity contribution >= 4 is 21.7 Å². The van der Waals surface area contributed by atoms with Gasteiger partial charge >= 0.3 is 0 Å². The maximum absolute atomic E-state index is 5.48. The lowest BCUT2D eigenvalue weighted by molar-refractivity contribution is 0.554. The zero-order valence-corrected chi connectivity index (χ0v) is 11.0. The predicted molar refractivity (Wildman–Crippen MR) is 67.9 cm³/mol. The maximum atomic E-state index is 5.48. The highest BCUT2D eigenvalue weighted by atomic mass is 79.9. The third-order valence-electron chi connectivity index (χ3n) is 2.59. The van der Waals surface area contributed by atoms with Crippen LogP contribution in [0.15, 0.2) is 33.5 Å². The van der Waals surface area contributed by atoms with Crippen LogP contribution in [-0.4, -0.2) is 14.4 Å². The van der Waals surface area contributed by atoms with Crippen LogP contribution in [-0.2, 0) is 0 Å². The third kappa shape index (κ3) is 1.76. The molecule has 0 N–H and O–H groups in total. The lowest BCUT2D eigenvalue weighted by Crippen LogP contribution is -1.94. The summed E-state index contributed by atoms with van der Waals surface area (Å²) in [4.78, 5) is 8.84. The Kier molecular flexibility index (Phi) is 2.29.